The van der Waals surface area contributed by atoms with Gasteiger partial charge in [-0.3, -0.25) is 4.79 Å². The van der Waals surface area contributed by atoms with E-state index in [1.165, 1.54) is 32.2 Å². The minimum Gasteiger partial charge on any atom is -0.507 e. The van der Waals surface area contributed by atoms with E-state index in [1.54, 1.807) is 0 Å². The van der Waals surface area contributed by atoms with E-state index < -0.39 is 12.1 Å². The maximum atomic E-state index is 12.1. The van der Waals surface area contributed by atoms with Crippen LogP contribution in [0.3, 0.4) is 0 Å². The number of amides is 1. The standard InChI is InChI=1S/C16H21NO5/c1-10(15(19)17-11-5-3-4-6-11)22-16(20)13-9-12(21-2)7-8-14(13)18/h7-11,18H,3-6H2,1-2H3,(H,17,19)/t10-/m1/s1. The zero-order valence-electron chi connectivity index (χ0n) is 12.8. The Kier molecular flexibility index (Phi) is 5.25. The number of ether oxygens (including phenoxy) is 2. The minimum absolute atomic E-state index is 0.0279. The summed E-state index contributed by atoms with van der Waals surface area (Å²) in [5.74, 6) is -0.866. The molecule has 0 aromatic heterocycles. The van der Waals surface area contributed by atoms with Crippen LogP contribution in [-0.4, -0.2) is 36.2 Å². The monoisotopic (exact) mass is 307 g/mol. The second-order valence-electron chi connectivity index (χ2n) is 5.42. The van der Waals surface area contributed by atoms with Gasteiger partial charge in [-0.25, -0.2) is 4.79 Å². The first kappa shape index (κ1) is 16.1. The molecule has 120 valence electrons. The molecule has 1 aromatic rings. The summed E-state index contributed by atoms with van der Waals surface area (Å²) in [6, 6.07) is 4.42. The Labute approximate surface area is 129 Å². The molecule has 1 atom stereocenters. The van der Waals surface area contributed by atoms with Gasteiger partial charge >= 0.3 is 5.97 Å². The number of phenolic OH excluding ortho intramolecular Hbond substituents is 1. The number of hydrogen-bond donors (Lipinski definition) is 2. The predicted octanol–water partition coefficient (Wildman–Crippen LogP) is 2.00. The molecule has 0 radical (unpaired) electrons. The van der Waals surface area contributed by atoms with Crippen LogP contribution in [0, 0.1) is 0 Å². The number of rotatable bonds is 5. The van der Waals surface area contributed by atoms with Gasteiger partial charge < -0.3 is 19.9 Å². The highest BCUT2D eigenvalue weighted by Crippen LogP contribution is 2.24. The maximum Gasteiger partial charge on any atom is 0.342 e. The summed E-state index contributed by atoms with van der Waals surface area (Å²) in [7, 11) is 1.46. The highest BCUT2D eigenvalue weighted by atomic mass is 16.5. The fraction of sp³-hybridized carbons (Fsp3) is 0.500. The Balaban J connectivity index is 1.96. The molecule has 1 aliphatic rings. The van der Waals surface area contributed by atoms with Crippen LogP contribution in [-0.2, 0) is 9.53 Å². The molecule has 2 rings (SSSR count). The second kappa shape index (κ2) is 7.15. The smallest absolute Gasteiger partial charge is 0.342 e. The number of methoxy groups -OCH3 is 1. The Morgan fingerprint density at radius 2 is 2.00 bits per heavy atom. The molecule has 1 aliphatic carbocycles. The zero-order chi connectivity index (χ0) is 16.1. The van der Waals surface area contributed by atoms with Crippen LogP contribution in [0.25, 0.3) is 0 Å². The van der Waals surface area contributed by atoms with Gasteiger partial charge in [-0.15, -0.1) is 0 Å². The highest BCUT2D eigenvalue weighted by molar-refractivity contribution is 5.95. The Bertz CT molecular complexity index is 551. The third-order valence-corrected chi connectivity index (χ3v) is 3.78. The molecule has 1 amide bonds. The van der Waals surface area contributed by atoms with Crippen LogP contribution in [0.2, 0.25) is 0 Å². The lowest BCUT2D eigenvalue weighted by molar-refractivity contribution is -0.129. The van der Waals surface area contributed by atoms with Crippen molar-refractivity contribution in [2.24, 2.45) is 0 Å². The van der Waals surface area contributed by atoms with E-state index in [2.05, 4.69) is 5.32 Å². The molecule has 0 bridgehead atoms. The number of nitrogens with one attached hydrogen (secondary N) is 1. The van der Waals surface area contributed by atoms with Crippen LogP contribution in [0.4, 0.5) is 0 Å². The normalized spacial score (nSPS) is 16.1. The zero-order valence-corrected chi connectivity index (χ0v) is 12.8. The van der Waals surface area contributed by atoms with Gasteiger partial charge in [-0.1, -0.05) is 12.8 Å². The average molecular weight is 307 g/mol. The molecule has 0 saturated heterocycles. The van der Waals surface area contributed by atoms with Gasteiger partial charge in [0.1, 0.15) is 17.1 Å². The number of benzene rings is 1. The van der Waals surface area contributed by atoms with E-state index in [-0.39, 0.29) is 23.3 Å². The van der Waals surface area contributed by atoms with Crippen LogP contribution >= 0.6 is 0 Å². The Morgan fingerprint density at radius 3 is 2.64 bits per heavy atom. The van der Waals surface area contributed by atoms with Crippen LogP contribution in [0.5, 0.6) is 11.5 Å². The molecule has 6 heteroatoms. The molecule has 1 fully saturated rings. The molecular weight excluding hydrogens is 286 g/mol. The first-order chi connectivity index (χ1) is 10.5. The summed E-state index contributed by atoms with van der Waals surface area (Å²) in [6.45, 7) is 1.51. The quantitative estimate of drug-likeness (QED) is 0.813. The van der Waals surface area contributed by atoms with Crippen molar-refractivity contribution in [2.75, 3.05) is 7.11 Å². The number of hydrogen-bond acceptors (Lipinski definition) is 5. The van der Waals surface area contributed by atoms with Crippen molar-refractivity contribution in [3.05, 3.63) is 23.8 Å². The highest BCUT2D eigenvalue weighted by Gasteiger charge is 2.24. The summed E-state index contributed by atoms with van der Waals surface area (Å²) in [5.41, 5.74) is -0.0279. The van der Waals surface area contributed by atoms with Gasteiger partial charge in [0.05, 0.1) is 7.11 Å². The van der Waals surface area contributed by atoms with Crippen molar-refractivity contribution in [2.45, 2.75) is 44.8 Å². The number of carbonyl (C=O) groups is 2. The van der Waals surface area contributed by atoms with E-state index in [4.69, 9.17) is 9.47 Å². The third-order valence-electron chi connectivity index (χ3n) is 3.78. The van der Waals surface area contributed by atoms with Crippen LogP contribution < -0.4 is 10.1 Å². The van der Waals surface area contributed by atoms with Crippen molar-refractivity contribution in [3.63, 3.8) is 0 Å². The SMILES string of the molecule is COc1ccc(O)c(C(=O)O[C@H](C)C(=O)NC2CCCC2)c1. The number of carbonyl (C=O) groups excluding carboxylic acids is 2. The van der Waals surface area contributed by atoms with Gasteiger partial charge in [0.25, 0.3) is 5.91 Å². The summed E-state index contributed by atoms with van der Waals surface area (Å²) in [5, 5.41) is 12.6. The van der Waals surface area contributed by atoms with E-state index in [0.717, 1.165) is 25.7 Å². The van der Waals surface area contributed by atoms with E-state index >= 15 is 0 Å². The molecule has 1 saturated carbocycles. The van der Waals surface area contributed by atoms with Crippen molar-refractivity contribution >= 4 is 11.9 Å². The maximum absolute atomic E-state index is 12.1. The van der Waals surface area contributed by atoms with E-state index in [1.807, 2.05) is 0 Å². The number of esters is 1. The lowest BCUT2D eigenvalue weighted by atomic mass is 10.2. The van der Waals surface area contributed by atoms with Crippen LogP contribution in [0.15, 0.2) is 18.2 Å². The fourth-order valence-electron chi connectivity index (χ4n) is 2.47. The van der Waals surface area contributed by atoms with Crippen LogP contribution in [0.1, 0.15) is 43.0 Å². The Hall–Kier alpha value is -2.24. The van der Waals surface area contributed by atoms with Gasteiger partial charge in [-0.2, -0.15) is 0 Å². The molecule has 0 unspecified atom stereocenters. The number of phenols is 1. The molecule has 22 heavy (non-hydrogen) atoms. The molecule has 0 heterocycles. The second-order valence-corrected chi connectivity index (χ2v) is 5.42. The fourth-order valence-corrected chi connectivity index (χ4v) is 2.47. The molecular formula is C16H21NO5. The molecule has 0 spiro atoms. The van der Waals surface area contributed by atoms with Gasteiger partial charge in [-0.05, 0) is 38.0 Å². The molecule has 6 nitrogen and oxygen atoms in total. The molecule has 2 N–H and O–H groups in total. The van der Waals surface area contributed by atoms with Gasteiger partial charge in [0, 0.05) is 6.04 Å². The molecule has 0 aliphatic heterocycles. The summed E-state index contributed by atoms with van der Waals surface area (Å²) < 4.78 is 10.1. The van der Waals surface area contributed by atoms with Crippen molar-refractivity contribution < 1.29 is 24.2 Å². The van der Waals surface area contributed by atoms with E-state index in [9.17, 15) is 14.7 Å². The van der Waals surface area contributed by atoms with Crippen molar-refractivity contribution in [1.29, 1.82) is 0 Å². The topological polar surface area (TPSA) is 84.9 Å². The lowest BCUT2D eigenvalue weighted by Gasteiger charge is -2.17. The summed E-state index contributed by atoms with van der Waals surface area (Å²) in [4.78, 5) is 24.1. The lowest BCUT2D eigenvalue weighted by Crippen LogP contribution is -2.40. The third kappa shape index (κ3) is 3.90. The van der Waals surface area contributed by atoms with Gasteiger partial charge in [0.15, 0.2) is 6.10 Å². The Morgan fingerprint density at radius 1 is 1.32 bits per heavy atom. The average Bonchev–Trinajstić information content (AvgIpc) is 3.00. The van der Waals surface area contributed by atoms with Crippen molar-refractivity contribution in [3.8, 4) is 11.5 Å². The number of aromatic hydroxyl groups is 1. The molecule has 1 aromatic carbocycles. The largest absolute Gasteiger partial charge is 0.507 e. The minimum atomic E-state index is -0.918. The first-order valence-electron chi connectivity index (χ1n) is 7.39. The predicted molar refractivity (Wildman–Crippen MR) is 79.9 cm³/mol. The first-order valence-corrected chi connectivity index (χ1v) is 7.39. The van der Waals surface area contributed by atoms with Gasteiger partial charge in [0.2, 0.25) is 0 Å². The van der Waals surface area contributed by atoms with Crippen molar-refractivity contribution in [1.82, 2.24) is 5.32 Å². The van der Waals surface area contributed by atoms with E-state index in [0.29, 0.717) is 5.75 Å². The summed E-state index contributed by atoms with van der Waals surface area (Å²) in [6.07, 6.45) is 3.22. The summed E-state index contributed by atoms with van der Waals surface area (Å²) >= 11 is 0.